The molecule has 0 bridgehead atoms. The molecule has 0 aliphatic rings. The van der Waals surface area contributed by atoms with Gasteiger partial charge in [-0.15, -0.1) is 11.3 Å². The number of nitrogens with one attached hydrogen (secondary N) is 1. The van der Waals surface area contributed by atoms with Crippen LogP contribution in [0, 0.1) is 6.92 Å². The minimum atomic E-state index is 0.621. The van der Waals surface area contributed by atoms with Gasteiger partial charge >= 0.3 is 0 Å². The summed E-state index contributed by atoms with van der Waals surface area (Å²) >= 11 is 1.73. The van der Waals surface area contributed by atoms with E-state index < -0.39 is 0 Å². The largest absolute Gasteiger partial charge is 0.317 e. The summed E-state index contributed by atoms with van der Waals surface area (Å²) in [4.78, 5) is 6.90. The van der Waals surface area contributed by atoms with Gasteiger partial charge in [-0.05, 0) is 46.8 Å². The molecular formula is C13H25N3S. The van der Waals surface area contributed by atoms with Gasteiger partial charge in [-0.3, -0.25) is 4.90 Å². The molecule has 0 amide bonds. The molecule has 1 heterocycles. The fraction of sp³-hybridized carbons (Fsp3) is 0.769. The molecule has 1 N–H and O–H groups in total. The van der Waals surface area contributed by atoms with E-state index in [2.05, 4.69) is 48.4 Å². The van der Waals surface area contributed by atoms with Crippen LogP contribution >= 0.6 is 11.3 Å². The van der Waals surface area contributed by atoms with Crippen molar-refractivity contribution in [1.29, 1.82) is 0 Å². The maximum Gasteiger partial charge on any atom is 0.0897 e. The molecule has 0 spiro atoms. The molecular weight excluding hydrogens is 230 g/mol. The van der Waals surface area contributed by atoms with Crippen molar-refractivity contribution >= 4 is 11.3 Å². The molecule has 4 heteroatoms. The van der Waals surface area contributed by atoms with Crippen molar-refractivity contribution in [2.45, 2.75) is 46.2 Å². The van der Waals surface area contributed by atoms with Crippen molar-refractivity contribution in [2.24, 2.45) is 0 Å². The number of hydrogen-bond acceptors (Lipinski definition) is 4. The third kappa shape index (κ3) is 5.61. The first-order valence-electron chi connectivity index (χ1n) is 6.45. The van der Waals surface area contributed by atoms with Crippen LogP contribution in [0.4, 0.5) is 0 Å². The Morgan fingerprint density at radius 2 is 2.29 bits per heavy atom. The molecule has 3 nitrogen and oxygen atoms in total. The SMILES string of the molecule is CCNCCCC(C)N(C)Cc1csc(C)n1. The number of hydrogen-bond donors (Lipinski definition) is 1. The maximum absolute atomic E-state index is 4.51. The molecule has 0 saturated carbocycles. The Kier molecular flexibility index (Phi) is 6.70. The molecule has 1 aromatic heterocycles. The van der Waals surface area contributed by atoms with Gasteiger partial charge in [0, 0.05) is 18.0 Å². The topological polar surface area (TPSA) is 28.2 Å². The molecule has 0 saturated heterocycles. The summed E-state index contributed by atoms with van der Waals surface area (Å²) in [6.07, 6.45) is 2.49. The van der Waals surface area contributed by atoms with E-state index in [0.717, 1.165) is 24.6 Å². The third-order valence-corrected chi connectivity index (χ3v) is 3.88. The number of nitrogens with zero attached hydrogens (tertiary/aromatic N) is 2. The van der Waals surface area contributed by atoms with Crippen LogP contribution in [0.15, 0.2) is 5.38 Å². The molecule has 0 radical (unpaired) electrons. The van der Waals surface area contributed by atoms with E-state index in [1.165, 1.54) is 18.5 Å². The van der Waals surface area contributed by atoms with Crippen molar-refractivity contribution in [3.63, 3.8) is 0 Å². The number of aromatic nitrogens is 1. The molecule has 1 unspecified atom stereocenters. The molecule has 0 aromatic carbocycles. The fourth-order valence-electron chi connectivity index (χ4n) is 1.81. The van der Waals surface area contributed by atoms with Gasteiger partial charge in [0.15, 0.2) is 0 Å². The molecule has 0 aliphatic carbocycles. The lowest BCUT2D eigenvalue weighted by atomic mass is 10.1. The summed E-state index contributed by atoms with van der Waals surface area (Å²) in [7, 11) is 2.19. The zero-order chi connectivity index (χ0) is 12.7. The van der Waals surface area contributed by atoms with Crippen LogP contribution in [0.2, 0.25) is 0 Å². The van der Waals surface area contributed by atoms with E-state index >= 15 is 0 Å². The molecule has 98 valence electrons. The van der Waals surface area contributed by atoms with Crippen molar-refractivity contribution in [1.82, 2.24) is 15.2 Å². The summed E-state index contributed by atoms with van der Waals surface area (Å²) in [5.41, 5.74) is 1.20. The molecule has 0 fully saturated rings. The average molecular weight is 255 g/mol. The van der Waals surface area contributed by atoms with Crippen LogP contribution in [0.25, 0.3) is 0 Å². The van der Waals surface area contributed by atoms with E-state index in [4.69, 9.17) is 0 Å². The predicted molar refractivity (Wildman–Crippen MR) is 75.6 cm³/mol. The van der Waals surface area contributed by atoms with Gasteiger partial charge in [0.2, 0.25) is 0 Å². The van der Waals surface area contributed by atoms with Gasteiger partial charge in [0.05, 0.1) is 10.7 Å². The first-order chi connectivity index (χ1) is 8.13. The lowest BCUT2D eigenvalue weighted by Crippen LogP contribution is -2.29. The van der Waals surface area contributed by atoms with Gasteiger partial charge in [0.25, 0.3) is 0 Å². The van der Waals surface area contributed by atoms with Crippen molar-refractivity contribution < 1.29 is 0 Å². The Balaban J connectivity index is 2.24. The van der Waals surface area contributed by atoms with E-state index in [9.17, 15) is 0 Å². The highest BCUT2D eigenvalue weighted by molar-refractivity contribution is 7.09. The van der Waals surface area contributed by atoms with Crippen LogP contribution < -0.4 is 5.32 Å². The second-order valence-corrected chi connectivity index (χ2v) is 5.68. The van der Waals surface area contributed by atoms with E-state index in [1.54, 1.807) is 11.3 Å². The molecule has 0 aliphatic heterocycles. The third-order valence-electron chi connectivity index (χ3n) is 3.06. The summed E-state index contributed by atoms with van der Waals surface area (Å²) in [6, 6.07) is 0.621. The number of rotatable bonds is 8. The van der Waals surface area contributed by atoms with Crippen LogP contribution in [0.1, 0.15) is 37.4 Å². The lowest BCUT2D eigenvalue weighted by molar-refractivity contribution is 0.232. The maximum atomic E-state index is 4.51. The van der Waals surface area contributed by atoms with Crippen LogP contribution in [-0.2, 0) is 6.54 Å². The van der Waals surface area contributed by atoms with Crippen LogP contribution in [0.3, 0.4) is 0 Å². The summed E-state index contributed by atoms with van der Waals surface area (Å²) in [5, 5.41) is 6.69. The molecule has 1 atom stereocenters. The second kappa shape index (κ2) is 7.80. The number of thiazole rings is 1. The summed E-state index contributed by atoms with van der Waals surface area (Å²) in [5.74, 6) is 0. The Morgan fingerprint density at radius 1 is 1.53 bits per heavy atom. The minimum absolute atomic E-state index is 0.621. The highest BCUT2D eigenvalue weighted by Gasteiger charge is 2.10. The average Bonchev–Trinajstić information content (AvgIpc) is 2.70. The monoisotopic (exact) mass is 255 g/mol. The Labute approximate surface area is 109 Å². The molecule has 1 rings (SSSR count). The highest BCUT2D eigenvalue weighted by atomic mass is 32.1. The van der Waals surface area contributed by atoms with Gasteiger partial charge < -0.3 is 5.32 Å². The molecule has 17 heavy (non-hydrogen) atoms. The zero-order valence-corrected chi connectivity index (χ0v) is 12.3. The normalized spacial score (nSPS) is 13.2. The summed E-state index contributed by atoms with van der Waals surface area (Å²) in [6.45, 7) is 9.68. The van der Waals surface area contributed by atoms with Crippen LogP contribution in [-0.4, -0.2) is 36.1 Å². The van der Waals surface area contributed by atoms with Gasteiger partial charge in [-0.1, -0.05) is 6.92 Å². The first kappa shape index (κ1) is 14.6. The quantitative estimate of drug-likeness (QED) is 0.724. The van der Waals surface area contributed by atoms with Gasteiger partial charge in [0.1, 0.15) is 0 Å². The zero-order valence-electron chi connectivity index (χ0n) is 11.5. The van der Waals surface area contributed by atoms with Crippen molar-refractivity contribution in [3.05, 3.63) is 16.1 Å². The summed E-state index contributed by atoms with van der Waals surface area (Å²) < 4.78 is 0. The van der Waals surface area contributed by atoms with Gasteiger partial charge in [-0.2, -0.15) is 0 Å². The minimum Gasteiger partial charge on any atom is -0.317 e. The van der Waals surface area contributed by atoms with E-state index in [1.807, 2.05) is 0 Å². The Bertz CT molecular complexity index is 311. The predicted octanol–water partition coefficient (Wildman–Crippen LogP) is 2.66. The van der Waals surface area contributed by atoms with Crippen molar-refractivity contribution in [2.75, 3.05) is 20.1 Å². The van der Waals surface area contributed by atoms with E-state index in [0.29, 0.717) is 6.04 Å². The lowest BCUT2D eigenvalue weighted by Gasteiger charge is -2.23. The smallest absolute Gasteiger partial charge is 0.0897 e. The fourth-order valence-corrected chi connectivity index (χ4v) is 2.42. The highest BCUT2D eigenvalue weighted by Crippen LogP contribution is 2.12. The second-order valence-electron chi connectivity index (χ2n) is 4.62. The first-order valence-corrected chi connectivity index (χ1v) is 7.33. The van der Waals surface area contributed by atoms with Crippen molar-refractivity contribution in [3.8, 4) is 0 Å². The number of aryl methyl sites for hydroxylation is 1. The Morgan fingerprint density at radius 3 is 2.88 bits per heavy atom. The molecule has 1 aromatic rings. The van der Waals surface area contributed by atoms with Crippen LogP contribution in [0.5, 0.6) is 0 Å². The Hall–Kier alpha value is -0.450. The standard InChI is InChI=1S/C13H25N3S/c1-5-14-8-6-7-11(2)16(4)9-13-10-17-12(3)15-13/h10-11,14H,5-9H2,1-4H3. The van der Waals surface area contributed by atoms with E-state index in [-0.39, 0.29) is 0 Å². The van der Waals surface area contributed by atoms with Gasteiger partial charge in [-0.25, -0.2) is 4.98 Å².